The van der Waals surface area contributed by atoms with Gasteiger partial charge in [-0.25, -0.2) is 18.1 Å². The number of sulfonamides is 1. The molecule has 1 aromatic rings. The molecule has 0 unspecified atom stereocenters. The highest BCUT2D eigenvalue weighted by Crippen LogP contribution is 2.51. The van der Waals surface area contributed by atoms with Gasteiger partial charge in [0.05, 0.1) is 4.90 Å². The molecule has 1 aliphatic carbocycles. The van der Waals surface area contributed by atoms with Gasteiger partial charge in [0.1, 0.15) is 5.82 Å². The number of aromatic nitrogens is 1. The first-order chi connectivity index (χ1) is 8.89. The molecule has 0 amide bonds. The molecular weight excluding hydrogens is 262 g/mol. The van der Waals surface area contributed by atoms with E-state index in [9.17, 15) is 8.42 Å². The fraction of sp³-hybridized carbons (Fsp3) is 0.615. The van der Waals surface area contributed by atoms with Crippen LogP contribution in [-0.2, 0) is 10.0 Å². The molecule has 0 bridgehead atoms. The fourth-order valence-electron chi connectivity index (χ4n) is 2.16. The lowest BCUT2D eigenvalue weighted by Crippen LogP contribution is -2.32. The van der Waals surface area contributed by atoms with E-state index in [1.807, 2.05) is 0 Å². The molecule has 6 heteroatoms. The van der Waals surface area contributed by atoms with Gasteiger partial charge in [-0.3, -0.25) is 0 Å². The number of hydrogen-bond acceptors (Lipinski definition) is 4. The van der Waals surface area contributed by atoms with Gasteiger partial charge < -0.3 is 5.32 Å². The summed E-state index contributed by atoms with van der Waals surface area (Å²) in [5.41, 5.74) is 0.159. The lowest BCUT2D eigenvalue weighted by molar-refractivity contribution is 0.357. The summed E-state index contributed by atoms with van der Waals surface area (Å²) in [6, 6.07) is 3.05. The summed E-state index contributed by atoms with van der Waals surface area (Å²) in [4.78, 5) is 4.27. The average molecular weight is 283 g/mol. The zero-order valence-electron chi connectivity index (χ0n) is 11.6. The van der Waals surface area contributed by atoms with E-state index in [0.29, 0.717) is 18.3 Å². The summed E-state index contributed by atoms with van der Waals surface area (Å²) in [6.07, 6.45) is 3.70. The van der Waals surface area contributed by atoms with Crippen LogP contribution in [0.5, 0.6) is 0 Å². The SMILES string of the molecule is CNc1cc(S(=O)(=O)NCC2(C(C)C)CC2)ccn1. The molecule has 5 nitrogen and oxygen atoms in total. The molecule has 1 heterocycles. The van der Waals surface area contributed by atoms with E-state index in [4.69, 9.17) is 0 Å². The molecule has 1 aliphatic rings. The van der Waals surface area contributed by atoms with Gasteiger partial charge in [0.25, 0.3) is 0 Å². The Balaban J connectivity index is 2.10. The molecule has 1 aromatic heterocycles. The third-order valence-electron chi connectivity index (χ3n) is 4.03. The van der Waals surface area contributed by atoms with Crippen LogP contribution in [0.2, 0.25) is 0 Å². The summed E-state index contributed by atoms with van der Waals surface area (Å²) in [5, 5.41) is 2.84. The topological polar surface area (TPSA) is 71.1 Å². The largest absolute Gasteiger partial charge is 0.373 e. The molecule has 2 N–H and O–H groups in total. The van der Waals surface area contributed by atoms with Gasteiger partial charge >= 0.3 is 0 Å². The van der Waals surface area contributed by atoms with E-state index < -0.39 is 10.0 Å². The summed E-state index contributed by atoms with van der Waals surface area (Å²) >= 11 is 0. The molecule has 106 valence electrons. The molecular formula is C13H21N3O2S. The maximum absolute atomic E-state index is 12.2. The first-order valence-corrected chi connectivity index (χ1v) is 8.01. The summed E-state index contributed by atoms with van der Waals surface area (Å²) in [6.45, 7) is 4.81. The minimum atomic E-state index is -3.45. The van der Waals surface area contributed by atoms with Crippen molar-refractivity contribution < 1.29 is 8.42 Å². The highest BCUT2D eigenvalue weighted by Gasteiger charge is 2.45. The predicted molar refractivity (Wildman–Crippen MR) is 75.5 cm³/mol. The molecule has 2 rings (SSSR count). The van der Waals surface area contributed by atoms with Crippen molar-refractivity contribution in [1.82, 2.24) is 9.71 Å². The van der Waals surface area contributed by atoms with E-state index >= 15 is 0 Å². The van der Waals surface area contributed by atoms with E-state index in [1.165, 1.54) is 18.3 Å². The van der Waals surface area contributed by atoms with Crippen LogP contribution in [0.1, 0.15) is 26.7 Å². The number of nitrogens with zero attached hydrogens (tertiary/aromatic N) is 1. The number of hydrogen-bond donors (Lipinski definition) is 2. The van der Waals surface area contributed by atoms with E-state index in [0.717, 1.165) is 12.8 Å². The van der Waals surface area contributed by atoms with Crippen LogP contribution in [0.3, 0.4) is 0 Å². The second kappa shape index (κ2) is 5.09. The monoisotopic (exact) mass is 283 g/mol. The number of pyridine rings is 1. The van der Waals surface area contributed by atoms with Gasteiger partial charge in [0, 0.05) is 25.9 Å². The second-order valence-corrected chi connectivity index (χ2v) is 7.24. The van der Waals surface area contributed by atoms with Crippen molar-refractivity contribution in [2.75, 3.05) is 18.9 Å². The standard InChI is InChI=1S/C13H21N3O2S/c1-10(2)13(5-6-13)9-16-19(17,18)11-4-7-15-12(8-11)14-3/h4,7-8,10,16H,5-6,9H2,1-3H3,(H,14,15). The lowest BCUT2D eigenvalue weighted by atomic mass is 9.93. The molecule has 0 aromatic carbocycles. The molecule has 0 spiro atoms. The van der Waals surface area contributed by atoms with Gasteiger partial charge in [0.2, 0.25) is 10.0 Å². The summed E-state index contributed by atoms with van der Waals surface area (Å²) in [5.74, 6) is 1.05. The molecule has 0 aliphatic heterocycles. The lowest BCUT2D eigenvalue weighted by Gasteiger charge is -2.20. The van der Waals surface area contributed by atoms with Gasteiger partial charge in [-0.15, -0.1) is 0 Å². The van der Waals surface area contributed by atoms with Crippen molar-refractivity contribution in [3.63, 3.8) is 0 Å². The summed E-state index contributed by atoms with van der Waals surface area (Å²) in [7, 11) is -1.74. The van der Waals surface area contributed by atoms with Crippen molar-refractivity contribution >= 4 is 15.8 Å². The highest BCUT2D eigenvalue weighted by atomic mass is 32.2. The smallest absolute Gasteiger partial charge is 0.240 e. The second-order valence-electron chi connectivity index (χ2n) is 5.47. The van der Waals surface area contributed by atoms with Crippen molar-refractivity contribution in [2.24, 2.45) is 11.3 Å². The van der Waals surface area contributed by atoms with Crippen LogP contribution < -0.4 is 10.0 Å². The molecule has 1 saturated carbocycles. The molecule has 1 fully saturated rings. The van der Waals surface area contributed by atoms with Crippen molar-refractivity contribution in [3.05, 3.63) is 18.3 Å². The molecule has 0 atom stereocenters. The molecule has 0 saturated heterocycles. The Morgan fingerprint density at radius 2 is 2.11 bits per heavy atom. The van der Waals surface area contributed by atoms with E-state index in [-0.39, 0.29) is 10.3 Å². The van der Waals surface area contributed by atoms with Gasteiger partial charge in [0.15, 0.2) is 0 Å². The number of anilines is 1. The quantitative estimate of drug-likeness (QED) is 0.835. The van der Waals surface area contributed by atoms with Crippen LogP contribution in [-0.4, -0.2) is 27.0 Å². The van der Waals surface area contributed by atoms with Crippen LogP contribution in [0.15, 0.2) is 23.2 Å². The van der Waals surface area contributed by atoms with Crippen molar-refractivity contribution in [2.45, 2.75) is 31.6 Å². The molecule has 19 heavy (non-hydrogen) atoms. The average Bonchev–Trinajstić information content (AvgIpc) is 3.18. The maximum atomic E-state index is 12.2. The third kappa shape index (κ3) is 3.06. The van der Waals surface area contributed by atoms with Crippen LogP contribution >= 0.6 is 0 Å². The predicted octanol–water partition coefficient (Wildman–Crippen LogP) is 1.84. The minimum Gasteiger partial charge on any atom is -0.373 e. The van der Waals surface area contributed by atoms with Crippen molar-refractivity contribution in [1.29, 1.82) is 0 Å². The zero-order valence-corrected chi connectivity index (χ0v) is 12.4. The Bertz CT molecular complexity index is 551. The first-order valence-electron chi connectivity index (χ1n) is 6.53. The van der Waals surface area contributed by atoms with Gasteiger partial charge in [-0.05, 0) is 30.2 Å². The normalized spacial score (nSPS) is 17.5. The fourth-order valence-corrected chi connectivity index (χ4v) is 3.31. The van der Waals surface area contributed by atoms with Crippen molar-refractivity contribution in [3.8, 4) is 0 Å². The third-order valence-corrected chi connectivity index (χ3v) is 5.43. The number of rotatable bonds is 6. The molecule has 0 radical (unpaired) electrons. The van der Waals surface area contributed by atoms with Crippen LogP contribution in [0, 0.1) is 11.3 Å². The van der Waals surface area contributed by atoms with Gasteiger partial charge in [-0.2, -0.15) is 0 Å². The van der Waals surface area contributed by atoms with E-state index in [2.05, 4.69) is 28.9 Å². The van der Waals surface area contributed by atoms with Crippen LogP contribution in [0.4, 0.5) is 5.82 Å². The minimum absolute atomic E-state index is 0.159. The Labute approximate surface area is 114 Å². The Morgan fingerprint density at radius 3 is 2.63 bits per heavy atom. The number of nitrogens with one attached hydrogen (secondary N) is 2. The Kier molecular flexibility index (Phi) is 3.82. The highest BCUT2D eigenvalue weighted by molar-refractivity contribution is 7.89. The van der Waals surface area contributed by atoms with Gasteiger partial charge in [-0.1, -0.05) is 13.8 Å². The van der Waals surface area contributed by atoms with Crippen LogP contribution in [0.25, 0.3) is 0 Å². The maximum Gasteiger partial charge on any atom is 0.240 e. The summed E-state index contributed by atoms with van der Waals surface area (Å²) < 4.78 is 27.2. The zero-order chi connectivity index (χ0) is 14.1. The Morgan fingerprint density at radius 1 is 1.42 bits per heavy atom. The first kappa shape index (κ1) is 14.3. The Hall–Kier alpha value is -1.14. The van der Waals surface area contributed by atoms with E-state index in [1.54, 1.807) is 7.05 Å².